The van der Waals surface area contributed by atoms with Gasteiger partial charge in [0.05, 0.1) is 17.9 Å². The van der Waals surface area contributed by atoms with Gasteiger partial charge >= 0.3 is 29.6 Å². The summed E-state index contributed by atoms with van der Waals surface area (Å²) in [5.74, 6) is -2.48. The minimum Gasteiger partial charge on any atom is -0.543 e. The molecule has 1 saturated heterocycles. The van der Waals surface area contributed by atoms with E-state index in [1.54, 1.807) is 6.07 Å². The van der Waals surface area contributed by atoms with Gasteiger partial charge in [-0.15, -0.1) is 23.1 Å². The van der Waals surface area contributed by atoms with Crippen LogP contribution in [0.25, 0.3) is 0 Å². The number of fused-ring (bicyclic) bond motifs is 1. The van der Waals surface area contributed by atoms with Crippen molar-refractivity contribution in [1.29, 1.82) is 0 Å². The molecule has 0 radical (unpaired) electrons. The van der Waals surface area contributed by atoms with Crippen LogP contribution in [0.3, 0.4) is 0 Å². The number of carbonyl (C=O) groups is 4. The first-order chi connectivity index (χ1) is 16.3. The summed E-state index contributed by atoms with van der Waals surface area (Å²) in [7, 11) is 1.25. The topological polar surface area (TPSA) is 180 Å². The number of thiazole rings is 1. The molecule has 0 bridgehead atoms. The fraction of sp³-hybridized carbons (Fsp3) is 0.263. The Balaban J connectivity index is 0.00000342. The number of furan rings is 1. The molecule has 0 aliphatic carbocycles. The van der Waals surface area contributed by atoms with Crippen LogP contribution in [0.15, 0.2) is 44.6 Å². The van der Waals surface area contributed by atoms with E-state index in [2.05, 4.69) is 15.5 Å². The molecular weight excluding hydrogens is 529 g/mol. The Morgan fingerprint density at radius 1 is 1.46 bits per heavy atom. The Bertz CT molecular complexity index is 1210. The first-order valence-corrected chi connectivity index (χ1v) is 12.4. The number of hydrogen-bond donors (Lipinski definition) is 2. The predicted octanol–water partition coefficient (Wildman–Crippen LogP) is -3.35. The Labute approximate surface area is 233 Å². The van der Waals surface area contributed by atoms with Crippen molar-refractivity contribution in [2.24, 2.45) is 5.16 Å². The molecule has 35 heavy (non-hydrogen) atoms. The summed E-state index contributed by atoms with van der Waals surface area (Å²) in [6, 6.07) is 2.08. The molecule has 0 spiro atoms. The molecule has 4 rings (SSSR count). The number of hydrogen-bond acceptors (Lipinski definition) is 13. The monoisotopic (exact) mass is 545 g/mol. The summed E-state index contributed by atoms with van der Waals surface area (Å²) >= 11 is 3.22. The van der Waals surface area contributed by atoms with Crippen LogP contribution in [-0.4, -0.2) is 68.5 Å². The number of rotatable bonds is 8. The quantitative estimate of drug-likeness (QED) is 0.146. The maximum atomic E-state index is 12.8. The van der Waals surface area contributed by atoms with E-state index < -0.39 is 29.2 Å². The number of nitrogens with one attached hydrogen (secondary N) is 1. The Morgan fingerprint density at radius 3 is 2.83 bits per heavy atom. The van der Waals surface area contributed by atoms with Crippen molar-refractivity contribution in [1.82, 2.24) is 15.2 Å². The van der Waals surface area contributed by atoms with Crippen molar-refractivity contribution in [3.05, 3.63) is 46.5 Å². The Hall–Kier alpha value is -2.30. The molecule has 178 valence electrons. The summed E-state index contributed by atoms with van der Waals surface area (Å²) in [6.45, 7) is 0. The van der Waals surface area contributed by atoms with Crippen LogP contribution in [0.5, 0.6) is 0 Å². The number of aliphatic carboxylic acids is 1. The number of amides is 2. The number of oxime groups is 1. The predicted molar refractivity (Wildman–Crippen MR) is 123 cm³/mol. The van der Waals surface area contributed by atoms with Crippen LogP contribution in [0.1, 0.15) is 16.2 Å². The summed E-state index contributed by atoms with van der Waals surface area (Å²) < 4.78 is 5.04. The van der Waals surface area contributed by atoms with Crippen LogP contribution >= 0.6 is 34.9 Å². The summed E-state index contributed by atoms with van der Waals surface area (Å²) in [6.07, 6.45) is 1.36. The average Bonchev–Trinajstić information content (AvgIpc) is 3.50. The molecule has 12 nitrogen and oxygen atoms in total. The van der Waals surface area contributed by atoms with Gasteiger partial charge in [-0.25, -0.2) is 4.98 Å². The molecule has 4 heterocycles. The largest absolute Gasteiger partial charge is 1.00 e. The van der Waals surface area contributed by atoms with Gasteiger partial charge in [0.1, 0.15) is 24.2 Å². The third-order valence-electron chi connectivity index (χ3n) is 4.79. The molecule has 2 atom stereocenters. The van der Waals surface area contributed by atoms with Gasteiger partial charge in [0.2, 0.25) is 0 Å². The number of nitrogen functional groups attached to an aromatic ring is 1. The number of carboxylic acid groups (broad SMARTS) is 1. The van der Waals surface area contributed by atoms with E-state index >= 15 is 0 Å². The summed E-state index contributed by atoms with van der Waals surface area (Å²) in [4.78, 5) is 59.4. The Kier molecular flexibility index (Phi) is 9.06. The van der Waals surface area contributed by atoms with Gasteiger partial charge in [0.25, 0.3) is 16.9 Å². The molecule has 1 fully saturated rings. The molecule has 2 aromatic heterocycles. The van der Waals surface area contributed by atoms with Crippen molar-refractivity contribution in [2.75, 3.05) is 24.3 Å². The van der Waals surface area contributed by atoms with Gasteiger partial charge in [-0.3, -0.25) is 19.3 Å². The van der Waals surface area contributed by atoms with Crippen molar-refractivity contribution in [3.63, 3.8) is 0 Å². The summed E-state index contributed by atoms with van der Waals surface area (Å²) in [5, 5.41) is 18.8. The number of anilines is 1. The van der Waals surface area contributed by atoms with Crippen LogP contribution in [0, 0.1) is 0 Å². The fourth-order valence-corrected chi connectivity index (χ4v) is 6.13. The van der Waals surface area contributed by atoms with Crippen LogP contribution in [0.2, 0.25) is 0 Å². The van der Waals surface area contributed by atoms with Gasteiger partial charge in [0, 0.05) is 16.9 Å². The van der Waals surface area contributed by atoms with Crippen molar-refractivity contribution < 1.29 is 63.1 Å². The number of aromatic nitrogens is 1. The second kappa shape index (κ2) is 11.6. The molecule has 0 unspecified atom stereocenters. The number of nitrogens with two attached hydrogens (primary N) is 1. The zero-order chi connectivity index (χ0) is 24.4. The summed E-state index contributed by atoms with van der Waals surface area (Å²) in [5.41, 5.74) is 5.68. The van der Waals surface area contributed by atoms with Gasteiger partial charge in [0.15, 0.2) is 16.6 Å². The van der Waals surface area contributed by atoms with Crippen molar-refractivity contribution in [2.45, 2.75) is 11.4 Å². The van der Waals surface area contributed by atoms with E-state index in [1.165, 1.54) is 36.6 Å². The van der Waals surface area contributed by atoms with Crippen molar-refractivity contribution >= 4 is 68.6 Å². The van der Waals surface area contributed by atoms with Gasteiger partial charge < -0.3 is 30.2 Å². The molecule has 16 heteroatoms. The maximum absolute atomic E-state index is 12.8. The minimum atomic E-state index is -1.54. The van der Waals surface area contributed by atoms with E-state index in [9.17, 15) is 24.3 Å². The minimum absolute atomic E-state index is 0. The molecule has 3 N–H and O–H groups in total. The van der Waals surface area contributed by atoms with E-state index in [0.29, 0.717) is 5.57 Å². The Morgan fingerprint density at radius 2 is 2.23 bits per heavy atom. The zero-order valence-corrected chi connectivity index (χ0v) is 22.8. The number of carboxylic acids is 1. The number of carbonyl (C=O) groups excluding carboxylic acids is 4. The fourth-order valence-electron chi connectivity index (χ4n) is 3.30. The number of nitrogens with zero attached hydrogens (tertiary/aromatic N) is 3. The van der Waals surface area contributed by atoms with Gasteiger partial charge in [-0.2, -0.15) is 0 Å². The molecule has 2 aliphatic rings. The van der Waals surface area contributed by atoms with E-state index in [-0.39, 0.29) is 74.2 Å². The third kappa shape index (κ3) is 5.59. The average molecular weight is 546 g/mol. The van der Waals surface area contributed by atoms with E-state index in [0.717, 1.165) is 28.0 Å². The van der Waals surface area contributed by atoms with Crippen LogP contribution < -0.4 is 45.7 Å². The standard InChI is InChI=1S/C19H17N5O7S3.Na/c1-30-23-11(9-7-34-19(20)21-9)14(25)22-12-15(26)24-13(17(27)28)8(5-32-16(12)24)6-33-18(29)10-3-2-4-31-10;/h2-4,7,12,16H,5-6H2,1H3,(H2,20,21)(H,22,25)(H,27,28);/q;+1/p-1/b23-11-;/t12-,16-;/m0./s1. The zero-order valence-electron chi connectivity index (χ0n) is 18.4. The second-order valence-corrected chi connectivity index (χ2v) is 9.79. The van der Waals surface area contributed by atoms with Crippen LogP contribution in [-0.2, 0) is 19.2 Å². The van der Waals surface area contributed by atoms with E-state index in [1.807, 2.05) is 0 Å². The van der Waals surface area contributed by atoms with Crippen LogP contribution in [0.4, 0.5) is 5.13 Å². The first-order valence-electron chi connectivity index (χ1n) is 9.53. The SMILES string of the molecule is CO/N=C(\C(=O)N[C@H]1C(=O)N2C(C(=O)[O-])=C(CSC(=O)c3ccco3)CS[C@@H]12)c1csc(N)n1.[Na+]. The normalized spacial score (nSPS) is 19.4. The van der Waals surface area contributed by atoms with Crippen molar-refractivity contribution in [3.8, 4) is 0 Å². The van der Waals surface area contributed by atoms with E-state index in [4.69, 9.17) is 15.0 Å². The third-order valence-corrected chi connectivity index (χ3v) is 7.76. The smallest absolute Gasteiger partial charge is 0.543 e. The second-order valence-electron chi connectivity index (χ2n) is 6.85. The molecule has 2 aliphatic heterocycles. The van der Waals surface area contributed by atoms with Gasteiger partial charge in [-0.1, -0.05) is 16.9 Å². The molecule has 0 aromatic carbocycles. The molecule has 2 aromatic rings. The molecular formula is C19H16N5NaO7S3. The van der Waals surface area contributed by atoms with Gasteiger partial charge in [-0.05, 0) is 17.7 Å². The number of thioether (sulfide) groups is 2. The molecule has 0 saturated carbocycles. The first kappa shape index (κ1) is 27.3. The molecule has 2 amide bonds. The number of β-lactam (4-membered cyclic amide) rings is 1. The maximum Gasteiger partial charge on any atom is 1.00 e.